The van der Waals surface area contributed by atoms with E-state index in [0.29, 0.717) is 6.42 Å². The van der Waals surface area contributed by atoms with Crippen molar-refractivity contribution in [2.24, 2.45) is 11.3 Å². The van der Waals surface area contributed by atoms with Gasteiger partial charge in [0.05, 0.1) is 5.92 Å². The lowest BCUT2D eigenvalue weighted by Crippen LogP contribution is -2.40. The van der Waals surface area contributed by atoms with Crippen molar-refractivity contribution >= 4 is 23.6 Å². The first-order valence-corrected chi connectivity index (χ1v) is 7.49. The maximum Gasteiger partial charge on any atom is 0.308 e. The summed E-state index contributed by atoms with van der Waals surface area (Å²) < 4.78 is 0.148. The van der Waals surface area contributed by atoms with E-state index in [-0.39, 0.29) is 17.2 Å². The van der Waals surface area contributed by atoms with Crippen LogP contribution in [0.25, 0.3) is 0 Å². The average molecular weight is 273 g/mol. The highest BCUT2D eigenvalue weighted by Crippen LogP contribution is 2.51. The Hall–Kier alpha value is -0.710. The summed E-state index contributed by atoms with van der Waals surface area (Å²) in [7, 11) is 0. The van der Waals surface area contributed by atoms with Gasteiger partial charge in [0, 0.05) is 16.7 Å². The van der Waals surface area contributed by atoms with Crippen LogP contribution in [0.15, 0.2) is 0 Å². The highest BCUT2D eigenvalue weighted by molar-refractivity contribution is 8.00. The molecule has 0 aliphatic heterocycles. The topological polar surface area (TPSA) is 66.4 Å². The summed E-state index contributed by atoms with van der Waals surface area (Å²) in [5.74, 6) is -1.39. The van der Waals surface area contributed by atoms with Gasteiger partial charge >= 0.3 is 5.97 Å². The summed E-state index contributed by atoms with van der Waals surface area (Å²) in [5.41, 5.74) is -0.472. The molecule has 104 valence electrons. The van der Waals surface area contributed by atoms with E-state index in [1.54, 1.807) is 11.8 Å². The van der Waals surface area contributed by atoms with Crippen molar-refractivity contribution in [3.05, 3.63) is 0 Å². The SMILES string of the molecule is CSC1(CC(CNC(=O)C(C)(C)C)C(=O)O)CC1. The maximum absolute atomic E-state index is 11.7. The van der Waals surface area contributed by atoms with E-state index in [0.717, 1.165) is 12.8 Å². The molecule has 0 saturated heterocycles. The molecule has 1 aliphatic carbocycles. The number of thioether (sulfide) groups is 1. The Labute approximate surface area is 113 Å². The predicted octanol–water partition coefficient (Wildman–Crippen LogP) is 2.14. The first-order valence-electron chi connectivity index (χ1n) is 6.26. The monoisotopic (exact) mass is 273 g/mol. The van der Waals surface area contributed by atoms with E-state index in [1.807, 2.05) is 27.0 Å². The van der Waals surface area contributed by atoms with Crippen LogP contribution in [0.3, 0.4) is 0 Å². The smallest absolute Gasteiger partial charge is 0.308 e. The molecule has 0 aromatic heterocycles. The lowest BCUT2D eigenvalue weighted by atomic mass is 9.95. The molecule has 4 nitrogen and oxygen atoms in total. The van der Waals surface area contributed by atoms with Crippen LogP contribution in [0.4, 0.5) is 0 Å². The standard InChI is InChI=1S/C13H23NO3S/c1-12(2,3)11(17)14-8-9(10(15)16)7-13(18-4)5-6-13/h9H,5-8H2,1-4H3,(H,14,17)(H,15,16). The molecular formula is C13H23NO3S. The summed E-state index contributed by atoms with van der Waals surface area (Å²) in [5, 5.41) is 12.0. The number of aliphatic carboxylic acids is 1. The molecular weight excluding hydrogens is 250 g/mol. The second kappa shape index (κ2) is 5.51. The molecule has 1 rings (SSSR count). The molecule has 1 saturated carbocycles. The van der Waals surface area contributed by atoms with Gasteiger partial charge in [-0.05, 0) is 25.5 Å². The van der Waals surface area contributed by atoms with Crippen molar-refractivity contribution in [3.63, 3.8) is 0 Å². The molecule has 0 heterocycles. The molecule has 1 amide bonds. The summed E-state index contributed by atoms with van der Waals surface area (Å²) in [4.78, 5) is 23.0. The normalized spacial score (nSPS) is 19.1. The van der Waals surface area contributed by atoms with Gasteiger partial charge < -0.3 is 10.4 Å². The molecule has 0 spiro atoms. The largest absolute Gasteiger partial charge is 0.481 e. The molecule has 18 heavy (non-hydrogen) atoms. The van der Waals surface area contributed by atoms with Crippen molar-refractivity contribution in [2.75, 3.05) is 12.8 Å². The van der Waals surface area contributed by atoms with Gasteiger partial charge in [-0.25, -0.2) is 0 Å². The number of hydrogen-bond donors (Lipinski definition) is 2. The number of rotatable bonds is 6. The first kappa shape index (κ1) is 15.3. The van der Waals surface area contributed by atoms with E-state index in [2.05, 4.69) is 5.32 Å². The molecule has 0 aromatic carbocycles. The van der Waals surface area contributed by atoms with Gasteiger partial charge in [-0.15, -0.1) is 0 Å². The van der Waals surface area contributed by atoms with Gasteiger partial charge in [0.25, 0.3) is 0 Å². The van der Waals surface area contributed by atoms with Gasteiger partial charge in [0.2, 0.25) is 5.91 Å². The molecule has 0 radical (unpaired) electrons. The van der Waals surface area contributed by atoms with Crippen LogP contribution in [-0.2, 0) is 9.59 Å². The lowest BCUT2D eigenvalue weighted by molar-refractivity contribution is -0.142. The molecule has 1 fully saturated rings. The Bertz CT molecular complexity index is 332. The van der Waals surface area contributed by atoms with E-state index < -0.39 is 17.3 Å². The molecule has 1 unspecified atom stereocenters. The Morgan fingerprint density at radius 2 is 1.94 bits per heavy atom. The minimum Gasteiger partial charge on any atom is -0.481 e. The minimum atomic E-state index is -0.815. The fourth-order valence-corrected chi connectivity index (χ4v) is 2.69. The predicted molar refractivity (Wildman–Crippen MR) is 73.7 cm³/mol. The Morgan fingerprint density at radius 1 is 1.39 bits per heavy atom. The Balaban J connectivity index is 2.49. The zero-order chi connectivity index (χ0) is 14.0. The van der Waals surface area contributed by atoms with Crippen molar-refractivity contribution < 1.29 is 14.7 Å². The highest BCUT2D eigenvalue weighted by atomic mass is 32.2. The molecule has 0 bridgehead atoms. The van der Waals surface area contributed by atoms with Gasteiger partial charge in [-0.3, -0.25) is 9.59 Å². The zero-order valence-corrected chi connectivity index (χ0v) is 12.4. The van der Waals surface area contributed by atoms with Gasteiger partial charge in [0.15, 0.2) is 0 Å². The van der Waals surface area contributed by atoms with Crippen LogP contribution in [0.5, 0.6) is 0 Å². The molecule has 5 heteroatoms. The van der Waals surface area contributed by atoms with Crippen LogP contribution in [0.1, 0.15) is 40.0 Å². The van der Waals surface area contributed by atoms with Gasteiger partial charge in [-0.1, -0.05) is 20.8 Å². The minimum absolute atomic E-state index is 0.0947. The number of hydrogen-bond acceptors (Lipinski definition) is 3. The number of carboxylic acid groups (broad SMARTS) is 1. The first-order chi connectivity index (χ1) is 8.20. The third-order valence-electron chi connectivity index (χ3n) is 3.40. The van der Waals surface area contributed by atoms with Crippen LogP contribution >= 0.6 is 11.8 Å². The number of carbonyl (C=O) groups excluding carboxylic acids is 1. The highest BCUT2D eigenvalue weighted by Gasteiger charge is 2.45. The second-order valence-corrected chi connectivity index (χ2v) is 7.36. The van der Waals surface area contributed by atoms with Crippen molar-refractivity contribution in [2.45, 2.75) is 44.8 Å². The summed E-state index contributed by atoms with van der Waals surface area (Å²) in [6.45, 7) is 5.70. The second-order valence-electron chi connectivity index (χ2n) is 6.09. The number of carboxylic acids is 1. The Kier molecular flexibility index (Phi) is 4.70. The van der Waals surface area contributed by atoms with Crippen LogP contribution in [-0.4, -0.2) is 34.5 Å². The van der Waals surface area contributed by atoms with Gasteiger partial charge in [-0.2, -0.15) is 11.8 Å². The van der Waals surface area contributed by atoms with Crippen LogP contribution < -0.4 is 5.32 Å². The zero-order valence-electron chi connectivity index (χ0n) is 11.6. The fraction of sp³-hybridized carbons (Fsp3) is 0.846. The summed E-state index contributed by atoms with van der Waals surface area (Å²) >= 11 is 1.75. The van der Waals surface area contributed by atoms with E-state index in [1.165, 1.54) is 0 Å². The van der Waals surface area contributed by atoms with Crippen LogP contribution in [0, 0.1) is 11.3 Å². The lowest BCUT2D eigenvalue weighted by Gasteiger charge is -2.22. The Morgan fingerprint density at radius 3 is 2.28 bits per heavy atom. The van der Waals surface area contributed by atoms with E-state index in [9.17, 15) is 14.7 Å². The van der Waals surface area contributed by atoms with Crippen molar-refractivity contribution in [1.29, 1.82) is 0 Å². The number of carbonyl (C=O) groups is 2. The fourth-order valence-electron chi connectivity index (χ4n) is 1.81. The van der Waals surface area contributed by atoms with E-state index in [4.69, 9.17) is 0 Å². The third-order valence-corrected chi connectivity index (χ3v) is 4.84. The summed E-state index contributed by atoms with van der Waals surface area (Å²) in [6, 6.07) is 0. The van der Waals surface area contributed by atoms with Crippen molar-refractivity contribution in [1.82, 2.24) is 5.32 Å². The molecule has 1 atom stereocenters. The van der Waals surface area contributed by atoms with E-state index >= 15 is 0 Å². The molecule has 1 aliphatic rings. The van der Waals surface area contributed by atoms with Crippen LogP contribution in [0.2, 0.25) is 0 Å². The maximum atomic E-state index is 11.7. The quantitative estimate of drug-likeness (QED) is 0.778. The van der Waals surface area contributed by atoms with Gasteiger partial charge in [0.1, 0.15) is 0 Å². The molecule has 2 N–H and O–H groups in total. The molecule has 0 aromatic rings. The number of amides is 1. The average Bonchev–Trinajstić information content (AvgIpc) is 3.02. The number of nitrogens with one attached hydrogen (secondary N) is 1. The summed E-state index contributed by atoms with van der Waals surface area (Å²) in [6.07, 6.45) is 4.85. The van der Waals surface area contributed by atoms with Crippen molar-refractivity contribution in [3.8, 4) is 0 Å². The third kappa shape index (κ3) is 4.19.